The lowest BCUT2D eigenvalue weighted by Gasteiger charge is -2.07. The van der Waals surface area contributed by atoms with Crippen LogP contribution in [0.2, 0.25) is 0 Å². The zero-order valence-corrected chi connectivity index (χ0v) is 11.4. The monoisotopic (exact) mass is 310 g/mol. The van der Waals surface area contributed by atoms with Gasteiger partial charge in [0.1, 0.15) is 11.5 Å². The Balaban J connectivity index is 2.36. The smallest absolute Gasteiger partial charge is 0.318 e. The number of aryl methyl sites for hydroxylation is 1. The fourth-order valence-corrected chi connectivity index (χ4v) is 1.94. The first kappa shape index (κ1) is 12.6. The number of nitrogens with zero attached hydrogens (tertiary/aromatic N) is 3. The molecule has 0 bridgehead atoms. The molecule has 2 aromatic rings. The number of halogens is 1. The molecule has 94 valence electrons. The number of rotatable bonds is 3. The number of pyridine rings is 1. The molecule has 0 aliphatic carbocycles. The normalized spacial score (nSPS) is 10.2. The third-order valence-electron chi connectivity index (χ3n) is 2.23. The lowest BCUT2D eigenvalue weighted by molar-refractivity contribution is 0.380. The van der Waals surface area contributed by atoms with Gasteiger partial charge in [0.15, 0.2) is 0 Å². The van der Waals surface area contributed by atoms with Gasteiger partial charge >= 0.3 is 6.01 Å². The van der Waals surface area contributed by atoms with Crippen molar-refractivity contribution in [2.24, 2.45) is 7.05 Å². The summed E-state index contributed by atoms with van der Waals surface area (Å²) in [5.41, 5.74) is 0.281. The van der Waals surface area contributed by atoms with Gasteiger partial charge in [0.25, 0.3) is 5.56 Å². The molecule has 0 aliphatic heterocycles. The highest BCUT2D eigenvalue weighted by atomic mass is 79.9. The summed E-state index contributed by atoms with van der Waals surface area (Å²) < 4.78 is 7.19. The molecule has 18 heavy (non-hydrogen) atoms. The quantitative estimate of drug-likeness (QED) is 0.934. The van der Waals surface area contributed by atoms with Gasteiger partial charge in [-0.3, -0.25) is 4.79 Å². The summed E-state index contributed by atoms with van der Waals surface area (Å²) in [4.78, 5) is 19.9. The van der Waals surface area contributed by atoms with Crippen molar-refractivity contribution in [1.29, 1.82) is 0 Å². The molecule has 0 radical (unpaired) electrons. The Morgan fingerprint density at radius 3 is 3.00 bits per heavy atom. The molecule has 1 N–H and O–H groups in total. The van der Waals surface area contributed by atoms with E-state index in [4.69, 9.17) is 4.74 Å². The molecule has 7 heteroatoms. The van der Waals surface area contributed by atoms with Crippen LogP contribution in [0.25, 0.3) is 0 Å². The highest BCUT2D eigenvalue weighted by molar-refractivity contribution is 9.10. The first-order chi connectivity index (χ1) is 8.60. The van der Waals surface area contributed by atoms with Crippen molar-refractivity contribution >= 4 is 27.4 Å². The topological polar surface area (TPSA) is 69.0 Å². The number of anilines is 2. The molecule has 0 saturated carbocycles. The molecule has 0 aromatic carbocycles. The SMILES string of the molecule is COc1nccc(Nc2cc(Br)cn(C)c2=O)n1. The van der Waals surface area contributed by atoms with Gasteiger partial charge in [-0.2, -0.15) is 4.98 Å². The van der Waals surface area contributed by atoms with E-state index in [0.717, 1.165) is 4.47 Å². The number of ether oxygens (including phenoxy) is 1. The minimum atomic E-state index is -0.143. The molecular formula is C11H11BrN4O2. The van der Waals surface area contributed by atoms with E-state index in [2.05, 4.69) is 31.2 Å². The fourth-order valence-electron chi connectivity index (χ4n) is 1.41. The minimum Gasteiger partial charge on any atom is -0.467 e. The lowest BCUT2D eigenvalue weighted by atomic mass is 10.4. The Morgan fingerprint density at radius 1 is 1.50 bits per heavy atom. The summed E-state index contributed by atoms with van der Waals surface area (Å²) in [6.07, 6.45) is 3.24. The highest BCUT2D eigenvalue weighted by Crippen LogP contribution is 2.16. The van der Waals surface area contributed by atoms with E-state index in [9.17, 15) is 4.79 Å². The van der Waals surface area contributed by atoms with E-state index in [0.29, 0.717) is 11.5 Å². The molecule has 0 fully saturated rings. The van der Waals surface area contributed by atoms with Crippen LogP contribution < -0.4 is 15.6 Å². The lowest BCUT2D eigenvalue weighted by Crippen LogP contribution is -2.19. The van der Waals surface area contributed by atoms with Crippen LogP contribution >= 0.6 is 15.9 Å². The average molecular weight is 311 g/mol. The van der Waals surface area contributed by atoms with Crippen LogP contribution in [0.15, 0.2) is 33.8 Å². The van der Waals surface area contributed by atoms with Crippen LogP contribution in [-0.4, -0.2) is 21.6 Å². The van der Waals surface area contributed by atoms with Crippen molar-refractivity contribution in [3.8, 4) is 6.01 Å². The summed E-state index contributed by atoms with van der Waals surface area (Å²) in [5, 5.41) is 2.93. The molecule has 2 heterocycles. The number of hydrogen-bond donors (Lipinski definition) is 1. The zero-order valence-electron chi connectivity index (χ0n) is 9.85. The van der Waals surface area contributed by atoms with Gasteiger partial charge in [-0.15, -0.1) is 0 Å². The van der Waals surface area contributed by atoms with Gasteiger partial charge in [0.2, 0.25) is 0 Å². The Morgan fingerprint density at radius 2 is 2.28 bits per heavy atom. The van der Waals surface area contributed by atoms with E-state index >= 15 is 0 Å². The van der Waals surface area contributed by atoms with Gasteiger partial charge in [0, 0.05) is 23.9 Å². The maximum Gasteiger partial charge on any atom is 0.318 e. The predicted molar refractivity (Wildman–Crippen MR) is 71.2 cm³/mol. The predicted octanol–water partition coefficient (Wildman–Crippen LogP) is 1.69. The van der Waals surface area contributed by atoms with Crippen molar-refractivity contribution in [3.63, 3.8) is 0 Å². The molecule has 0 aliphatic rings. The van der Waals surface area contributed by atoms with Crippen LogP contribution in [-0.2, 0) is 7.05 Å². The second-order valence-electron chi connectivity index (χ2n) is 3.54. The first-order valence-corrected chi connectivity index (χ1v) is 5.89. The summed E-state index contributed by atoms with van der Waals surface area (Å²) in [7, 11) is 3.16. The maximum absolute atomic E-state index is 11.9. The standard InChI is InChI=1S/C11H11BrN4O2/c1-16-6-7(12)5-8(10(16)17)14-9-3-4-13-11(15-9)18-2/h3-6H,1-2H3,(H,13,14,15). The average Bonchev–Trinajstić information content (AvgIpc) is 2.35. The Hall–Kier alpha value is -1.89. The van der Waals surface area contributed by atoms with E-state index < -0.39 is 0 Å². The minimum absolute atomic E-state index is 0.143. The van der Waals surface area contributed by atoms with Gasteiger partial charge in [-0.1, -0.05) is 0 Å². The molecule has 2 aromatic heterocycles. The summed E-state index contributed by atoms with van der Waals surface area (Å²) >= 11 is 3.33. The molecule has 2 rings (SSSR count). The third-order valence-corrected chi connectivity index (χ3v) is 2.66. The second-order valence-corrected chi connectivity index (χ2v) is 4.46. The van der Waals surface area contributed by atoms with Crippen LogP contribution in [0, 0.1) is 0 Å². The van der Waals surface area contributed by atoms with Crippen molar-refractivity contribution in [2.45, 2.75) is 0 Å². The van der Waals surface area contributed by atoms with Crippen LogP contribution in [0.1, 0.15) is 0 Å². The number of aromatic nitrogens is 3. The number of methoxy groups -OCH3 is 1. The number of nitrogens with one attached hydrogen (secondary N) is 1. The van der Waals surface area contributed by atoms with Crippen LogP contribution in [0.4, 0.5) is 11.5 Å². The molecule has 0 unspecified atom stereocenters. The Kier molecular flexibility index (Phi) is 3.61. The van der Waals surface area contributed by atoms with Gasteiger partial charge in [0.05, 0.1) is 7.11 Å². The summed E-state index contributed by atoms with van der Waals surface area (Å²) in [6, 6.07) is 3.59. The molecule has 0 atom stereocenters. The van der Waals surface area contributed by atoms with Crippen molar-refractivity contribution < 1.29 is 4.74 Å². The second kappa shape index (κ2) is 5.18. The van der Waals surface area contributed by atoms with Crippen molar-refractivity contribution in [1.82, 2.24) is 14.5 Å². The fraction of sp³-hybridized carbons (Fsp3) is 0.182. The highest BCUT2D eigenvalue weighted by Gasteiger charge is 2.05. The van der Waals surface area contributed by atoms with Gasteiger partial charge in [-0.05, 0) is 28.1 Å². The molecule has 0 saturated heterocycles. The van der Waals surface area contributed by atoms with Crippen molar-refractivity contribution in [2.75, 3.05) is 12.4 Å². The summed E-state index contributed by atoms with van der Waals surface area (Å²) in [5.74, 6) is 0.497. The van der Waals surface area contributed by atoms with Crippen LogP contribution in [0.5, 0.6) is 6.01 Å². The van der Waals surface area contributed by atoms with Crippen molar-refractivity contribution in [3.05, 3.63) is 39.4 Å². The first-order valence-electron chi connectivity index (χ1n) is 5.10. The van der Waals surface area contributed by atoms with Crippen LogP contribution in [0.3, 0.4) is 0 Å². The Bertz CT molecular complexity index is 627. The van der Waals surface area contributed by atoms with E-state index in [1.165, 1.54) is 11.7 Å². The molecule has 0 amide bonds. The van der Waals surface area contributed by atoms with E-state index in [1.807, 2.05) is 0 Å². The molecular weight excluding hydrogens is 300 g/mol. The number of hydrogen-bond acceptors (Lipinski definition) is 5. The Labute approximate surface area is 112 Å². The van der Waals surface area contributed by atoms with Gasteiger partial charge < -0.3 is 14.6 Å². The summed E-state index contributed by atoms with van der Waals surface area (Å²) in [6.45, 7) is 0. The van der Waals surface area contributed by atoms with Gasteiger partial charge in [-0.25, -0.2) is 4.98 Å². The third kappa shape index (κ3) is 2.67. The van der Waals surface area contributed by atoms with E-state index in [1.54, 1.807) is 31.6 Å². The zero-order chi connectivity index (χ0) is 13.1. The molecule has 6 nitrogen and oxygen atoms in total. The maximum atomic E-state index is 11.9. The largest absolute Gasteiger partial charge is 0.467 e. The van der Waals surface area contributed by atoms with E-state index in [-0.39, 0.29) is 11.6 Å². The molecule has 0 spiro atoms.